The number of rotatable bonds is 4. The maximum Gasteiger partial charge on any atom is 0.311 e. The van der Waals surface area contributed by atoms with Gasteiger partial charge in [-0.15, -0.1) is 11.3 Å². The van der Waals surface area contributed by atoms with Crippen LogP contribution >= 0.6 is 22.9 Å². The van der Waals surface area contributed by atoms with Gasteiger partial charge in [-0.05, 0) is 12.1 Å². The Labute approximate surface area is 124 Å². The Hall–Kier alpha value is -1.92. The molecule has 1 heterocycles. The molecule has 0 fully saturated rings. The summed E-state index contributed by atoms with van der Waals surface area (Å²) in [6.07, 6.45) is 0.0783. The number of benzene rings is 1. The van der Waals surface area contributed by atoms with Gasteiger partial charge in [0.2, 0.25) is 0 Å². The zero-order valence-corrected chi connectivity index (χ0v) is 12.1. The minimum Gasteiger partial charge on any atom is -0.469 e. The van der Waals surface area contributed by atoms with Gasteiger partial charge in [0.05, 0.1) is 29.8 Å². The Morgan fingerprint density at radius 2 is 2.15 bits per heavy atom. The molecule has 0 saturated carbocycles. The Balaban J connectivity index is 2.05. The molecule has 0 radical (unpaired) electrons. The molecule has 0 spiro atoms. The van der Waals surface area contributed by atoms with Crippen molar-refractivity contribution in [1.82, 2.24) is 4.98 Å². The largest absolute Gasteiger partial charge is 0.469 e. The molecule has 0 bridgehead atoms. The average Bonchev–Trinajstić information content (AvgIpc) is 2.86. The molecule has 1 N–H and O–H groups in total. The lowest BCUT2D eigenvalue weighted by atomic mass is 10.2. The predicted octanol–water partition coefficient (Wildman–Crippen LogP) is 2.76. The van der Waals surface area contributed by atoms with Crippen molar-refractivity contribution < 1.29 is 14.3 Å². The normalized spacial score (nSPS) is 10.1. The second-order valence-electron chi connectivity index (χ2n) is 3.83. The summed E-state index contributed by atoms with van der Waals surface area (Å²) in [6.45, 7) is 0. The minimum absolute atomic E-state index is 0.0783. The zero-order chi connectivity index (χ0) is 14.5. The van der Waals surface area contributed by atoms with E-state index < -0.39 is 0 Å². The van der Waals surface area contributed by atoms with E-state index in [9.17, 15) is 9.59 Å². The second-order valence-corrected chi connectivity index (χ2v) is 5.10. The minimum atomic E-state index is -0.376. The maximum atomic E-state index is 12.0. The number of nitrogens with one attached hydrogen (secondary N) is 1. The fourth-order valence-electron chi connectivity index (χ4n) is 1.48. The number of carbonyl (C=O) groups is 2. The summed E-state index contributed by atoms with van der Waals surface area (Å²) >= 11 is 7.18. The highest BCUT2D eigenvalue weighted by Gasteiger charge is 2.13. The van der Waals surface area contributed by atoms with E-state index in [1.165, 1.54) is 18.4 Å². The number of carbonyl (C=O) groups excluding carboxylic acids is 2. The van der Waals surface area contributed by atoms with Crippen molar-refractivity contribution in [3.05, 3.63) is 45.9 Å². The molecule has 0 unspecified atom stereocenters. The summed E-state index contributed by atoms with van der Waals surface area (Å²) in [5.41, 5.74) is 0.926. The lowest BCUT2D eigenvalue weighted by Gasteiger charge is -2.03. The van der Waals surface area contributed by atoms with E-state index in [2.05, 4.69) is 15.0 Å². The number of hydrogen-bond acceptors (Lipinski definition) is 5. The number of nitrogens with zero attached hydrogens (tertiary/aromatic N) is 1. The molecule has 0 aliphatic carbocycles. The Kier molecular flexibility index (Phi) is 4.70. The van der Waals surface area contributed by atoms with Crippen molar-refractivity contribution in [3.8, 4) is 0 Å². The van der Waals surface area contributed by atoms with Gasteiger partial charge in [0.15, 0.2) is 5.13 Å². The number of amides is 1. The van der Waals surface area contributed by atoms with Crippen molar-refractivity contribution in [2.45, 2.75) is 6.42 Å². The molecule has 5 nitrogen and oxygen atoms in total. The van der Waals surface area contributed by atoms with Crippen LogP contribution in [0.1, 0.15) is 16.1 Å². The van der Waals surface area contributed by atoms with E-state index in [-0.39, 0.29) is 18.3 Å². The van der Waals surface area contributed by atoms with Crippen molar-refractivity contribution in [2.75, 3.05) is 12.4 Å². The third-order valence-corrected chi connectivity index (χ3v) is 3.58. The SMILES string of the molecule is COC(=O)Cc1csc(NC(=O)c2ccccc2Cl)n1. The van der Waals surface area contributed by atoms with Gasteiger partial charge in [0.25, 0.3) is 5.91 Å². The zero-order valence-electron chi connectivity index (χ0n) is 10.6. The molecule has 0 aliphatic rings. The maximum absolute atomic E-state index is 12.0. The molecular weight excluding hydrogens is 300 g/mol. The van der Waals surface area contributed by atoms with Crippen LogP contribution in [-0.4, -0.2) is 24.0 Å². The number of hydrogen-bond donors (Lipinski definition) is 1. The highest BCUT2D eigenvalue weighted by molar-refractivity contribution is 7.14. The van der Waals surface area contributed by atoms with Crippen LogP contribution in [0.4, 0.5) is 5.13 Å². The predicted molar refractivity (Wildman–Crippen MR) is 77.2 cm³/mol. The fraction of sp³-hybridized carbons (Fsp3) is 0.154. The lowest BCUT2D eigenvalue weighted by Crippen LogP contribution is -2.12. The van der Waals surface area contributed by atoms with Gasteiger partial charge >= 0.3 is 5.97 Å². The first kappa shape index (κ1) is 14.5. The lowest BCUT2D eigenvalue weighted by molar-refractivity contribution is -0.139. The molecule has 1 aromatic heterocycles. The van der Waals surface area contributed by atoms with Crippen molar-refractivity contribution in [3.63, 3.8) is 0 Å². The number of methoxy groups -OCH3 is 1. The van der Waals surface area contributed by atoms with Crippen molar-refractivity contribution in [1.29, 1.82) is 0 Å². The standard InChI is InChI=1S/C13H11ClN2O3S/c1-19-11(17)6-8-7-20-13(15-8)16-12(18)9-4-2-3-5-10(9)14/h2-5,7H,6H2,1H3,(H,15,16,18). The summed E-state index contributed by atoms with van der Waals surface area (Å²) in [5, 5.41) is 5.12. The van der Waals surface area contributed by atoms with Gasteiger partial charge < -0.3 is 4.74 Å². The quantitative estimate of drug-likeness (QED) is 0.882. The van der Waals surface area contributed by atoms with E-state index in [0.717, 1.165) is 0 Å². The summed E-state index contributed by atoms with van der Waals surface area (Å²) < 4.78 is 4.55. The number of anilines is 1. The average molecular weight is 311 g/mol. The van der Waals surface area contributed by atoms with Gasteiger partial charge in [-0.2, -0.15) is 0 Å². The summed E-state index contributed by atoms with van der Waals surface area (Å²) in [6, 6.07) is 6.74. The van der Waals surface area contributed by atoms with Crippen LogP contribution < -0.4 is 5.32 Å². The summed E-state index contributed by atoms with van der Waals surface area (Å²) in [4.78, 5) is 27.3. The smallest absolute Gasteiger partial charge is 0.311 e. The number of halogens is 1. The first-order valence-corrected chi connectivity index (χ1v) is 6.93. The molecule has 1 amide bonds. The second kappa shape index (κ2) is 6.49. The Morgan fingerprint density at radius 3 is 2.85 bits per heavy atom. The highest BCUT2D eigenvalue weighted by Crippen LogP contribution is 2.20. The van der Waals surface area contributed by atoms with Gasteiger partial charge in [0, 0.05) is 5.38 Å². The van der Waals surface area contributed by atoms with Crippen molar-refractivity contribution in [2.24, 2.45) is 0 Å². The van der Waals surface area contributed by atoms with E-state index in [4.69, 9.17) is 11.6 Å². The summed E-state index contributed by atoms with van der Waals surface area (Å²) in [7, 11) is 1.31. The summed E-state index contributed by atoms with van der Waals surface area (Å²) in [5.74, 6) is -0.714. The van der Waals surface area contributed by atoms with E-state index in [0.29, 0.717) is 21.4 Å². The van der Waals surface area contributed by atoms with E-state index in [1.807, 2.05) is 0 Å². The molecule has 2 rings (SSSR count). The van der Waals surface area contributed by atoms with Crippen LogP contribution in [0.5, 0.6) is 0 Å². The highest BCUT2D eigenvalue weighted by atomic mass is 35.5. The number of esters is 1. The van der Waals surface area contributed by atoms with E-state index in [1.54, 1.807) is 29.6 Å². The third-order valence-electron chi connectivity index (χ3n) is 2.44. The van der Waals surface area contributed by atoms with Gasteiger partial charge in [-0.25, -0.2) is 4.98 Å². The molecule has 7 heteroatoms. The first-order chi connectivity index (χ1) is 9.60. The molecule has 104 valence electrons. The molecular formula is C13H11ClN2O3S. The van der Waals surface area contributed by atoms with Gasteiger partial charge in [0.1, 0.15) is 0 Å². The topological polar surface area (TPSA) is 68.3 Å². The first-order valence-electron chi connectivity index (χ1n) is 5.67. The Morgan fingerprint density at radius 1 is 1.40 bits per heavy atom. The van der Waals surface area contributed by atoms with Crippen molar-refractivity contribution >= 4 is 39.9 Å². The van der Waals surface area contributed by atoms with Crippen LogP contribution in [0, 0.1) is 0 Å². The van der Waals surface area contributed by atoms with Crippen LogP contribution in [0.15, 0.2) is 29.6 Å². The van der Waals surface area contributed by atoms with Crippen LogP contribution in [0.3, 0.4) is 0 Å². The monoisotopic (exact) mass is 310 g/mol. The fourth-order valence-corrected chi connectivity index (χ4v) is 2.40. The third kappa shape index (κ3) is 3.55. The molecule has 0 aliphatic heterocycles. The van der Waals surface area contributed by atoms with Gasteiger partial charge in [-0.1, -0.05) is 23.7 Å². The molecule has 1 aromatic carbocycles. The molecule has 20 heavy (non-hydrogen) atoms. The molecule has 0 saturated heterocycles. The Bertz CT molecular complexity index is 642. The molecule has 2 aromatic rings. The number of aromatic nitrogens is 1. The van der Waals surface area contributed by atoms with Crippen LogP contribution in [0.2, 0.25) is 5.02 Å². The number of ether oxygens (including phenoxy) is 1. The van der Waals surface area contributed by atoms with Crippen LogP contribution in [-0.2, 0) is 16.0 Å². The molecule has 0 atom stereocenters. The van der Waals surface area contributed by atoms with Gasteiger partial charge in [-0.3, -0.25) is 14.9 Å². The van der Waals surface area contributed by atoms with Crippen LogP contribution in [0.25, 0.3) is 0 Å². The van der Waals surface area contributed by atoms with E-state index >= 15 is 0 Å². The number of thiazole rings is 1.